The molecule has 5 heteroatoms. The lowest BCUT2D eigenvalue weighted by Gasteiger charge is -2.12. The second kappa shape index (κ2) is 6.24. The molecule has 0 aliphatic carbocycles. The highest BCUT2D eigenvalue weighted by Crippen LogP contribution is 2.29. The first-order valence-corrected chi connectivity index (χ1v) is 6.79. The first-order chi connectivity index (χ1) is 9.20. The number of carbonyl (C=O) groups is 1. The van der Waals surface area contributed by atoms with Crippen molar-refractivity contribution in [1.82, 2.24) is 0 Å². The molecule has 0 saturated carbocycles. The van der Waals surface area contributed by atoms with E-state index in [0.29, 0.717) is 24.7 Å². The molecule has 0 aliphatic heterocycles. The molecular formula is C14H14O4S. The highest BCUT2D eigenvalue weighted by Gasteiger charge is 2.10. The molecular weight excluding hydrogens is 264 g/mol. The molecule has 2 rings (SSSR count). The largest absolute Gasteiger partial charge is 0.490 e. The van der Waals surface area contributed by atoms with E-state index in [1.165, 1.54) is 12.1 Å². The van der Waals surface area contributed by atoms with E-state index >= 15 is 0 Å². The van der Waals surface area contributed by atoms with Crippen LogP contribution in [-0.2, 0) is 6.61 Å². The Balaban J connectivity index is 2.16. The highest BCUT2D eigenvalue weighted by molar-refractivity contribution is 7.07. The minimum absolute atomic E-state index is 0.186. The van der Waals surface area contributed by atoms with Crippen molar-refractivity contribution in [2.75, 3.05) is 6.61 Å². The van der Waals surface area contributed by atoms with Gasteiger partial charge in [-0.05, 0) is 47.5 Å². The minimum atomic E-state index is -0.981. The van der Waals surface area contributed by atoms with Crippen LogP contribution in [0.25, 0.3) is 0 Å². The monoisotopic (exact) mass is 278 g/mol. The van der Waals surface area contributed by atoms with Crippen molar-refractivity contribution in [1.29, 1.82) is 0 Å². The number of ether oxygens (including phenoxy) is 2. The average Bonchev–Trinajstić information content (AvgIpc) is 2.90. The summed E-state index contributed by atoms with van der Waals surface area (Å²) in [6.07, 6.45) is 0. The Morgan fingerprint density at radius 2 is 2.11 bits per heavy atom. The normalized spacial score (nSPS) is 10.2. The van der Waals surface area contributed by atoms with Gasteiger partial charge in [-0.1, -0.05) is 0 Å². The maximum Gasteiger partial charge on any atom is 0.335 e. The molecule has 0 fully saturated rings. The van der Waals surface area contributed by atoms with Gasteiger partial charge >= 0.3 is 5.97 Å². The molecule has 0 aliphatic rings. The van der Waals surface area contributed by atoms with Crippen LogP contribution < -0.4 is 9.47 Å². The van der Waals surface area contributed by atoms with Gasteiger partial charge in [0.2, 0.25) is 0 Å². The second-order valence-corrected chi connectivity index (χ2v) is 4.60. The van der Waals surface area contributed by atoms with Crippen LogP contribution in [0.1, 0.15) is 22.8 Å². The number of thiophene rings is 1. The molecule has 0 radical (unpaired) electrons. The van der Waals surface area contributed by atoms with Gasteiger partial charge in [0, 0.05) is 0 Å². The van der Waals surface area contributed by atoms with E-state index in [4.69, 9.17) is 14.6 Å². The third kappa shape index (κ3) is 3.48. The Kier molecular flexibility index (Phi) is 4.41. The SMILES string of the molecule is CCOc1cc(C(=O)O)ccc1OCc1ccsc1. The maximum atomic E-state index is 10.9. The van der Waals surface area contributed by atoms with Crippen molar-refractivity contribution in [3.63, 3.8) is 0 Å². The Morgan fingerprint density at radius 3 is 2.74 bits per heavy atom. The van der Waals surface area contributed by atoms with Crippen LogP contribution in [0.2, 0.25) is 0 Å². The van der Waals surface area contributed by atoms with Gasteiger partial charge in [0.15, 0.2) is 11.5 Å². The van der Waals surface area contributed by atoms with Crippen molar-refractivity contribution < 1.29 is 19.4 Å². The predicted molar refractivity (Wildman–Crippen MR) is 73.2 cm³/mol. The maximum absolute atomic E-state index is 10.9. The summed E-state index contributed by atoms with van der Waals surface area (Å²) in [6, 6.07) is 6.60. The van der Waals surface area contributed by atoms with Crippen LogP contribution in [0, 0.1) is 0 Å². The number of carboxylic acid groups (broad SMARTS) is 1. The number of carboxylic acids is 1. The molecule has 0 spiro atoms. The quantitative estimate of drug-likeness (QED) is 0.879. The fourth-order valence-corrected chi connectivity index (χ4v) is 2.22. The van der Waals surface area contributed by atoms with Gasteiger partial charge in [-0.2, -0.15) is 11.3 Å². The molecule has 1 aromatic carbocycles. The van der Waals surface area contributed by atoms with Crippen molar-refractivity contribution >= 4 is 17.3 Å². The summed E-state index contributed by atoms with van der Waals surface area (Å²) in [7, 11) is 0. The fraction of sp³-hybridized carbons (Fsp3) is 0.214. The number of aromatic carboxylic acids is 1. The first-order valence-electron chi connectivity index (χ1n) is 5.84. The number of rotatable bonds is 6. The molecule has 1 aromatic heterocycles. The molecule has 1 heterocycles. The van der Waals surface area contributed by atoms with Crippen LogP contribution in [0.15, 0.2) is 35.0 Å². The van der Waals surface area contributed by atoms with E-state index in [2.05, 4.69) is 0 Å². The standard InChI is InChI=1S/C14H14O4S/c1-2-17-13-7-11(14(15)16)3-4-12(13)18-8-10-5-6-19-9-10/h3-7,9H,2,8H2,1H3,(H,15,16). The van der Waals surface area contributed by atoms with Crippen LogP contribution in [0.3, 0.4) is 0 Å². The van der Waals surface area contributed by atoms with Crippen LogP contribution in [0.4, 0.5) is 0 Å². The Morgan fingerprint density at radius 1 is 1.26 bits per heavy atom. The van der Waals surface area contributed by atoms with Gasteiger partial charge in [0.1, 0.15) is 6.61 Å². The Labute approximate surface area is 115 Å². The van der Waals surface area contributed by atoms with Gasteiger partial charge < -0.3 is 14.6 Å². The van der Waals surface area contributed by atoms with Gasteiger partial charge in [-0.25, -0.2) is 4.79 Å². The minimum Gasteiger partial charge on any atom is -0.490 e. The molecule has 0 saturated heterocycles. The van der Waals surface area contributed by atoms with E-state index in [9.17, 15) is 4.79 Å². The predicted octanol–water partition coefficient (Wildman–Crippen LogP) is 3.42. The van der Waals surface area contributed by atoms with Crippen LogP contribution >= 0.6 is 11.3 Å². The third-order valence-electron chi connectivity index (χ3n) is 2.46. The highest BCUT2D eigenvalue weighted by atomic mass is 32.1. The zero-order valence-corrected chi connectivity index (χ0v) is 11.3. The number of hydrogen-bond donors (Lipinski definition) is 1. The van der Waals surface area contributed by atoms with Gasteiger partial charge in [0.25, 0.3) is 0 Å². The average molecular weight is 278 g/mol. The zero-order chi connectivity index (χ0) is 13.7. The smallest absolute Gasteiger partial charge is 0.335 e. The van der Waals surface area contributed by atoms with Crippen molar-refractivity contribution in [3.05, 3.63) is 46.2 Å². The van der Waals surface area contributed by atoms with E-state index in [1.807, 2.05) is 23.8 Å². The first kappa shape index (κ1) is 13.4. The van der Waals surface area contributed by atoms with E-state index in [1.54, 1.807) is 17.4 Å². The topological polar surface area (TPSA) is 55.8 Å². The van der Waals surface area contributed by atoms with E-state index in [-0.39, 0.29) is 5.56 Å². The van der Waals surface area contributed by atoms with Crippen molar-refractivity contribution in [3.8, 4) is 11.5 Å². The molecule has 1 N–H and O–H groups in total. The molecule has 100 valence electrons. The summed E-state index contributed by atoms with van der Waals surface area (Å²) in [5.74, 6) is 0.0287. The van der Waals surface area contributed by atoms with Gasteiger partial charge in [-0.3, -0.25) is 0 Å². The molecule has 2 aromatic rings. The van der Waals surface area contributed by atoms with E-state index in [0.717, 1.165) is 5.56 Å². The van der Waals surface area contributed by atoms with Gasteiger partial charge in [-0.15, -0.1) is 0 Å². The molecule has 19 heavy (non-hydrogen) atoms. The lowest BCUT2D eigenvalue weighted by Crippen LogP contribution is -2.02. The number of benzene rings is 1. The summed E-state index contributed by atoms with van der Waals surface area (Å²) in [5.41, 5.74) is 1.26. The molecule has 0 bridgehead atoms. The van der Waals surface area contributed by atoms with E-state index < -0.39 is 5.97 Å². The lowest BCUT2D eigenvalue weighted by atomic mass is 10.2. The summed E-state index contributed by atoms with van der Waals surface area (Å²) in [5, 5.41) is 12.9. The zero-order valence-electron chi connectivity index (χ0n) is 10.5. The van der Waals surface area contributed by atoms with Crippen LogP contribution in [0.5, 0.6) is 11.5 Å². The van der Waals surface area contributed by atoms with Crippen molar-refractivity contribution in [2.45, 2.75) is 13.5 Å². The summed E-state index contributed by atoms with van der Waals surface area (Å²) in [6.45, 7) is 2.74. The molecule has 0 amide bonds. The fourth-order valence-electron chi connectivity index (χ4n) is 1.56. The number of hydrogen-bond acceptors (Lipinski definition) is 4. The second-order valence-electron chi connectivity index (χ2n) is 3.82. The third-order valence-corrected chi connectivity index (χ3v) is 3.20. The molecule has 4 nitrogen and oxygen atoms in total. The van der Waals surface area contributed by atoms with Crippen LogP contribution in [-0.4, -0.2) is 17.7 Å². The molecule has 0 atom stereocenters. The summed E-state index contributed by atoms with van der Waals surface area (Å²) >= 11 is 1.61. The Bertz CT molecular complexity index is 549. The van der Waals surface area contributed by atoms with Gasteiger partial charge in [0.05, 0.1) is 12.2 Å². The summed E-state index contributed by atoms with van der Waals surface area (Å²) in [4.78, 5) is 10.9. The lowest BCUT2D eigenvalue weighted by molar-refractivity contribution is 0.0696. The van der Waals surface area contributed by atoms with Crippen molar-refractivity contribution in [2.24, 2.45) is 0 Å². The Hall–Kier alpha value is -2.01. The summed E-state index contributed by atoms with van der Waals surface area (Å²) < 4.78 is 11.1. The molecule has 0 unspecified atom stereocenters.